The lowest BCUT2D eigenvalue weighted by atomic mass is 10.0. The molecule has 1 aromatic heterocycles. The van der Waals surface area contributed by atoms with Crippen LogP contribution in [0.2, 0.25) is 0 Å². The average molecular weight is 209 g/mol. The number of nitrogens with one attached hydrogen (secondary N) is 1. The molecule has 0 spiro atoms. The largest absolute Gasteiger partial charge is 0.337 e. The molecule has 2 rings (SSSR count). The highest BCUT2D eigenvalue weighted by molar-refractivity contribution is 4.92. The summed E-state index contributed by atoms with van der Waals surface area (Å²) in [5.74, 6) is 0.783. The Morgan fingerprint density at radius 3 is 3.13 bits per heavy atom. The maximum absolute atomic E-state index is 4.25. The molecule has 1 aliphatic rings. The molecule has 1 atom stereocenters. The van der Waals surface area contributed by atoms with E-state index in [0.29, 0.717) is 0 Å². The van der Waals surface area contributed by atoms with E-state index in [1.165, 1.54) is 25.8 Å². The van der Waals surface area contributed by atoms with Crippen molar-refractivity contribution in [3.63, 3.8) is 0 Å². The lowest BCUT2D eigenvalue weighted by Crippen LogP contribution is -2.23. The minimum absolute atomic E-state index is 0. The van der Waals surface area contributed by atoms with Crippen molar-refractivity contribution in [2.24, 2.45) is 5.92 Å². The first-order chi connectivity index (χ1) is 6.84. The summed E-state index contributed by atoms with van der Waals surface area (Å²) >= 11 is 0. The Morgan fingerprint density at radius 1 is 1.53 bits per heavy atom. The molecule has 1 N–H and O–H groups in total. The predicted molar refractivity (Wildman–Crippen MR) is 63.9 cm³/mol. The van der Waals surface area contributed by atoms with Gasteiger partial charge in [0.2, 0.25) is 0 Å². The average Bonchev–Trinajstić information content (AvgIpc) is 2.43. The number of hydrogen-bond acceptors (Lipinski definition) is 2. The fourth-order valence-electron chi connectivity index (χ4n) is 2.12. The summed E-state index contributed by atoms with van der Waals surface area (Å²) < 4.78 is 2.22. The monoisotopic (exact) mass is 209 g/mol. The van der Waals surface area contributed by atoms with Gasteiger partial charge in [0.15, 0.2) is 0 Å². The summed E-state index contributed by atoms with van der Waals surface area (Å²) in [5, 5.41) is 3.49. The molecular weight excluding hydrogens is 186 g/mol. The van der Waals surface area contributed by atoms with Crippen LogP contribution in [0.4, 0.5) is 0 Å². The second kappa shape index (κ2) is 5.91. The Kier molecular flexibility index (Phi) is 4.82. The van der Waals surface area contributed by atoms with Crippen molar-refractivity contribution < 1.29 is 0 Å². The molecule has 1 saturated heterocycles. The summed E-state index contributed by atoms with van der Waals surface area (Å²) in [7, 11) is 0. The van der Waals surface area contributed by atoms with Crippen molar-refractivity contribution in [3.05, 3.63) is 18.2 Å². The topological polar surface area (TPSA) is 29.9 Å². The van der Waals surface area contributed by atoms with Crippen LogP contribution >= 0.6 is 0 Å². The SMILES string of the molecule is C.Cc1cn(CC2CCCCNC2)cn1. The number of hydrogen-bond donors (Lipinski definition) is 1. The molecule has 1 unspecified atom stereocenters. The van der Waals surface area contributed by atoms with Crippen molar-refractivity contribution in [2.45, 2.75) is 40.2 Å². The zero-order valence-corrected chi connectivity index (χ0v) is 8.87. The second-order valence-electron chi connectivity index (χ2n) is 4.28. The van der Waals surface area contributed by atoms with Gasteiger partial charge < -0.3 is 9.88 Å². The number of rotatable bonds is 2. The van der Waals surface area contributed by atoms with Crippen molar-refractivity contribution in [1.29, 1.82) is 0 Å². The van der Waals surface area contributed by atoms with Gasteiger partial charge in [-0.2, -0.15) is 0 Å². The molecule has 1 fully saturated rings. The van der Waals surface area contributed by atoms with E-state index in [1.807, 2.05) is 13.3 Å². The van der Waals surface area contributed by atoms with Gasteiger partial charge in [0.05, 0.1) is 12.0 Å². The molecule has 0 aliphatic carbocycles. The lowest BCUT2D eigenvalue weighted by molar-refractivity contribution is 0.412. The Balaban J connectivity index is 0.00000112. The van der Waals surface area contributed by atoms with Crippen molar-refractivity contribution in [2.75, 3.05) is 13.1 Å². The molecule has 0 amide bonds. The summed E-state index contributed by atoms with van der Waals surface area (Å²) in [4.78, 5) is 4.25. The van der Waals surface area contributed by atoms with Crippen LogP contribution in [0.5, 0.6) is 0 Å². The van der Waals surface area contributed by atoms with Crippen molar-refractivity contribution in [3.8, 4) is 0 Å². The lowest BCUT2D eigenvalue weighted by Gasteiger charge is -2.14. The number of nitrogens with zero attached hydrogens (tertiary/aromatic N) is 2. The molecule has 0 saturated carbocycles. The molecule has 2 heterocycles. The van der Waals surface area contributed by atoms with Crippen molar-refractivity contribution in [1.82, 2.24) is 14.9 Å². The number of imidazole rings is 1. The van der Waals surface area contributed by atoms with Gasteiger partial charge in [-0.05, 0) is 38.8 Å². The van der Waals surface area contributed by atoms with Crippen LogP contribution in [0.25, 0.3) is 0 Å². The van der Waals surface area contributed by atoms with Gasteiger partial charge in [0.1, 0.15) is 0 Å². The highest BCUT2D eigenvalue weighted by Crippen LogP contribution is 2.13. The van der Waals surface area contributed by atoms with Crippen LogP contribution < -0.4 is 5.32 Å². The second-order valence-corrected chi connectivity index (χ2v) is 4.28. The Bertz CT molecular complexity index is 272. The fourth-order valence-corrected chi connectivity index (χ4v) is 2.12. The van der Waals surface area contributed by atoms with Crippen LogP contribution in [-0.4, -0.2) is 22.6 Å². The van der Waals surface area contributed by atoms with E-state index in [-0.39, 0.29) is 7.43 Å². The van der Waals surface area contributed by atoms with Gasteiger partial charge >= 0.3 is 0 Å². The van der Waals surface area contributed by atoms with E-state index in [1.54, 1.807) is 0 Å². The third-order valence-electron chi connectivity index (χ3n) is 2.88. The van der Waals surface area contributed by atoms with E-state index < -0.39 is 0 Å². The maximum Gasteiger partial charge on any atom is 0.0949 e. The number of aryl methyl sites for hydroxylation is 1. The molecule has 0 radical (unpaired) electrons. The minimum atomic E-state index is 0. The molecule has 3 heteroatoms. The molecule has 1 aromatic rings. The molecule has 3 nitrogen and oxygen atoms in total. The highest BCUT2D eigenvalue weighted by atomic mass is 15.0. The van der Waals surface area contributed by atoms with Crippen LogP contribution in [0.3, 0.4) is 0 Å². The van der Waals surface area contributed by atoms with E-state index in [9.17, 15) is 0 Å². The summed E-state index contributed by atoms with van der Waals surface area (Å²) in [6, 6.07) is 0. The van der Waals surface area contributed by atoms with E-state index >= 15 is 0 Å². The molecule has 0 bridgehead atoms. The van der Waals surface area contributed by atoms with Gasteiger partial charge in [-0.1, -0.05) is 13.8 Å². The van der Waals surface area contributed by atoms with Gasteiger partial charge in [-0.25, -0.2) is 4.98 Å². The first kappa shape index (κ1) is 12.2. The predicted octanol–water partition coefficient (Wildman–Crippen LogP) is 2.22. The van der Waals surface area contributed by atoms with Crippen LogP contribution in [0.1, 0.15) is 32.4 Å². The van der Waals surface area contributed by atoms with Crippen LogP contribution in [0, 0.1) is 12.8 Å². The van der Waals surface area contributed by atoms with Crippen molar-refractivity contribution >= 4 is 0 Å². The summed E-state index contributed by atoms with van der Waals surface area (Å²) in [5.41, 5.74) is 1.12. The Hall–Kier alpha value is -0.830. The van der Waals surface area contributed by atoms with Crippen LogP contribution in [0.15, 0.2) is 12.5 Å². The molecule has 0 aromatic carbocycles. The first-order valence-corrected chi connectivity index (χ1v) is 5.53. The van der Waals surface area contributed by atoms with E-state index in [2.05, 4.69) is 21.1 Å². The van der Waals surface area contributed by atoms with Gasteiger partial charge in [0.25, 0.3) is 0 Å². The van der Waals surface area contributed by atoms with Crippen LogP contribution in [-0.2, 0) is 6.54 Å². The standard InChI is InChI=1S/C11H19N3.CH4/c1-10-7-14(9-13-10)8-11-4-2-3-5-12-6-11;/h7,9,11-12H,2-6,8H2,1H3;1H4. The van der Waals surface area contributed by atoms with Gasteiger partial charge in [-0.3, -0.25) is 0 Å². The quantitative estimate of drug-likeness (QED) is 0.809. The fraction of sp³-hybridized carbons (Fsp3) is 0.750. The molecular formula is C12H23N3. The summed E-state index contributed by atoms with van der Waals surface area (Å²) in [6.07, 6.45) is 8.13. The smallest absolute Gasteiger partial charge is 0.0949 e. The molecule has 15 heavy (non-hydrogen) atoms. The van der Waals surface area contributed by atoms with Gasteiger partial charge in [-0.15, -0.1) is 0 Å². The Morgan fingerprint density at radius 2 is 2.40 bits per heavy atom. The first-order valence-electron chi connectivity index (χ1n) is 5.53. The van der Waals surface area contributed by atoms with Gasteiger partial charge in [0, 0.05) is 12.7 Å². The van der Waals surface area contributed by atoms with E-state index in [4.69, 9.17) is 0 Å². The molecule has 86 valence electrons. The number of aromatic nitrogens is 2. The third-order valence-corrected chi connectivity index (χ3v) is 2.88. The molecule has 1 aliphatic heterocycles. The minimum Gasteiger partial charge on any atom is -0.337 e. The zero-order chi connectivity index (χ0) is 9.80. The maximum atomic E-state index is 4.25. The normalized spacial score (nSPS) is 21.8. The summed E-state index contributed by atoms with van der Waals surface area (Å²) in [6.45, 7) is 5.52. The third kappa shape index (κ3) is 3.67. The highest BCUT2D eigenvalue weighted by Gasteiger charge is 2.11. The van der Waals surface area contributed by atoms with E-state index in [0.717, 1.165) is 24.7 Å². The zero-order valence-electron chi connectivity index (χ0n) is 8.87. The Labute approximate surface area is 92.9 Å².